The molecule has 1 saturated carbocycles. The number of nitrogens with zero attached hydrogens (tertiary/aromatic N) is 2. The Morgan fingerprint density at radius 1 is 1.25 bits per heavy atom. The van der Waals surface area contributed by atoms with Gasteiger partial charge in [0.1, 0.15) is 4.90 Å². The number of H-pyrrole nitrogens is 1. The zero-order valence-corrected chi connectivity index (χ0v) is 15.6. The minimum atomic E-state index is -3.62. The van der Waals surface area contributed by atoms with Gasteiger partial charge in [0, 0.05) is 26.1 Å². The highest BCUT2D eigenvalue weighted by Crippen LogP contribution is 2.22. The summed E-state index contributed by atoms with van der Waals surface area (Å²) >= 11 is 0. The Bertz CT molecular complexity index is 641. The molecule has 1 amide bonds. The number of aromatic amines is 1. The fourth-order valence-electron chi connectivity index (χ4n) is 3.48. The molecular formula is C16H28N4O3S. The molecular weight excluding hydrogens is 328 g/mol. The number of sulfonamides is 1. The van der Waals surface area contributed by atoms with Crippen molar-refractivity contribution < 1.29 is 13.2 Å². The van der Waals surface area contributed by atoms with E-state index in [4.69, 9.17) is 0 Å². The SMILES string of the molecule is CC(=O)N(CCNS(=O)(=O)c1c(C)n[nH]c1C)C1CCCCCC1. The molecule has 1 aliphatic rings. The molecule has 2 N–H and O–H groups in total. The average Bonchev–Trinajstić information content (AvgIpc) is 2.72. The Morgan fingerprint density at radius 3 is 2.38 bits per heavy atom. The third-order valence-corrected chi connectivity index (χ3v) is 6.37. The van der Waals surface area contributed by atoms with Crippen LogP contribution in [0.25, 0.3) is 0 Å². The lowest BCUT2D eigenvalue weighted by Crippen LogP contribution is -2.43. The molecule has 0 spiro atoms. The first kappa shape index (κ1) is 18.9. The highest BCUT2D eigenvalue weighted by Gasteiger charge is 2.25. The van der Waals surface area contributed by atoms with Gasteiger partial charge in [-0.2, -0.15) is 5.10 Å². The fraction of sp³-hybridized carbons (Fsp3) is 0.750. The summed E-state index contributed by atoms with van der Waals surface area (Å²) in [7, 11) is -3.62. The van der Waals surface area contributed by atoms with Gasteiger partial charge in [0.25, 0.3) is 0 Å². The van der Waals surface area contributed by atoms with Crippen molar-refractivity contribution >= 4 is 15.9 Å². The molecule has 7 nitrogen and oxygen atoms in total. The number of hydrogen-bond acceptors (Lipinski definition) is 4. The lowest BCUT2D eigenvalue weighted by atomic mass is 10.1. The van der Waals surface area contributed by atoms with Crippen molar-refractivity contribution in [1.82, 2.24) is 19.8 Å². The molecule has 2 rings (SSSR count). The van der Waals surface area contributed by atoms with Crippen molar-refractivity contribution in [2.24, 2.45) is 0 Å². The topological polar surface area (TPSA) is 95.2 Å². The van der Waals surface area contributed by atoms with Crippen LogP contribution in [0, 0.1) is 13.8 Å². The van der Waals surface area contributed by atoms with Crippen molar-refractivity contribution in [2.45, 2.75) is 70.2 Å². The Morgan fingerprint density at radius 2 is 1.88 bits per heavy atom. The van der Waals surface area contributed by atoms with E-state index in [0.29, 0.717) is 17.9 Å². The Balaban J connectivity index is 1.98. The Labute approximate surface area is 144 Å². The van der Waals surface area contributed by atoms with Gasteiger partial charge in [0.15, 0.2) is 0 Å². The molecule has 0 atom stereocenters. The molecule has 0 radical (unpaired) electrons. The van der Waals surface area contributed by atoms with E-state index >= 15 is 0 Å². The fourth-order valence-corrected chi connectivity index (χ4v) is 4.86. The summed E-state index contributed by atoms with van der Waals surface area (Å²) in [6.45, 7) is 5.51. The van der Waals surface area contributed by atoms with Gasteiger partial charge in [-0.1, -0.05) is 25.7 Å². The second-order valence-electron chi connectivity index (χ2n) is 6.52. The van der Waals surface area contributed by atoms with Crippen LogP contribution in [0.3, 0.4) is 0 Å². The lowest BCUT2D eigenvalue weighted by molar-refractivity contribution is -0.131. The third kappa shape index (κ3) is 4.57. The van der Waals surface area contributed by atoms with Gasteiger partial charge < -0.3 is 4.90 Å². The second kappa shape index (κ2) is 8.11. The smallest absolute Gasteiger partial charge is 0.244 e. The maximum absolute atomic E-state index is 12.4. The summed E-state index contributed by atoms with van der Waals surface area (Å²) in [4.78, 5) is 14.0. The van der Waals surface area contributed by atoms with Crippen molar-refractivity contribution in [3.05, 3.63) is 11.4 Å². The molecule has 1 aromatic rings. The summed E-state index contributed by atoms with van der Waals surface area (Å²) in [5.41, 5.74) is 0.972. The minimum absolute atomic E-state index is 0.0109. The summed E-state index contributed by atoms with van der Waals surface area (Å²) in [6.07, 6.45) is 6.71. The van der Waals surface area contributed by atoms with Crippen LogP contribution in [-0.2, 0) is 14.8 Å². The van der Waals surface area contributed by atoms with E-state index in [1.807, 2.05) is 4.90 Å². The van der Waals surface area contributed by atoms with E-state index in [2.05, 4.69) is 14.9 Å². The first-order valence-corrected chi connectivity index (χ1v) is 10.1. The standard InChI is InChI=1S/C16H28N4O3S/c1-12-16(13(2)19-18-12)24(22,23)17-10-11-20(14(3)21)15-8-6-4-5-7-9-15/h15,17H,4-11H2,1-3H3,(H,18,19). The van der Waals surface area contributed by atoms with E-state index in [1.54, 1.807) is 20.8 Å². The number of aryl methyl sites for hydroxylation is 2. The molecule has 1 heterocycles. The molecule has 1 fully saturated rings. The second-order valence-corrected chi connectivity index (χ2v) is 8.22. The van der Waals surface area contributed by atoms with E-state index in [-0.39, 0.29) is 23.4 Å². The van der Waals surface area contributed by atoms with Crippen LogP contribution >= 0.6 is 0 Å². The van der Waals surface area contributed by atoms with Gasteiger partial charge in [-0.05, 0) is 26.7 Å². The molecule has 1 aliphatic carbocycles. The molecule has 1 aromatic heterocycles. The number of aromatic nitrogens is 2. The van der Waals surface area contributed by atoms with E-state index < -0.39 is 10.0 Å². The number of carbonyl (C=O) groups excluding carboxylic acids is 1. The molecule has 136 valence electrons. The van der Waals surface area contributed by atoms with Crippen LogP contribution in [0.15, 0.2) is 4.90 Å². The zero-order chi connectivity index (χ0) is 17.7. The largest absolute Gasteiger partial charge is 0.339 e. The highest BCUT2D eigenvalue weighted by molar-refractivity contribution is 7.89. The molecule has 0 saturated heterocycles. The van der Waals surface area contributed by atoms with Gasteiger partial charge in [-0.15, -0.1) is 0 Å². The van der Waals surface area contributed by atoms with E-state index in [0.717, 1.165) is 25.7 Å². The van der Waals surface area contributed by atoms with E-state index in [9.17, 15) is 13.2 Å². The number of nitrogens with one attached hydrogen (secondary N) is 2. The number of carbonyl (C=O) groups is 1. The van der Waals surface area contributed by atoms with Crippen LogP contribution in [0.4, 0.5) is 0 Å². The summed E-state index contributed by atoms with van der Waals surface area (Å²) in [5.74, 6) is 0.0109. The van der Waals surface area contributed by atoms with Crippen LogP contribution < -0.4 is 4.72 Å². The van der Waals surface area contributed by atoms with Crippen LogP contribution in [0.1, 0.15) is 56.8 Å². The normalized spacial score (nSPS) is 16.8. The number of hydrogen-bond donors (Lipinski definition) is 2. The van der Waals surface area contributed by atoms with Crippen molar-refractivity contribution in [1.29, 1.82) is 0 Å². The van der Waals surface area contributed by atoms with E-state index in [1.165, 1.54) is 12.8 Å². The average molecular weight is 356 g/mol. The molecule has 24 heavy (non-hydrogen) atoms. The molecule has 0 aromatic carbocycles. The van der Waals surface area contributed by atoms with Gasteiger partial charge >= 0.3 is 0 Å². The monoisotopic (exact) mass is 356 g/mol. The van der Waals surface area contributed by atoms with Crippen molar-refractivity contribution in [3.63, 3.8) is 0 Å². The highest BCUT2D eigenvalue weighted by atomic mass is 32.2. The van der Waals surface area contributed by atoms with Crippen molar-refractivity contribution in [3.8, 4) is 0 Å². The lowest BCUT2D eigenvalue weighted by Gasteiger charge is -2.30. The van der Waals surface area contributed by atoms with Crippen LogP contribution in [-0.4, -0.2) is 48.6 Å². The number of amides is 1. The van der Waals surface area contributed by atoms with Crippen molar-refractivity contribution in [2.75, 3.05) is 13.1 Å². The minimum Gasteiger partial charge on any atom is -0.339 e. The number of rotatable bonds is 6. The first-order valence-electron chi connectivity index (χ1n) is 8.61. The van der Waals surface area contributed by atoms with Gasteiger partial charge in [-0.3, -0.25) is 9.89 Å². The van der Waals surface area contributed by atoms with Gasteiger partial charge in [0.2, 0.25) is 15.9 Å². The third-order valence-electron chi connectivity index (χ3n) is 4.64. The Kier molecular flexibility index (Phi) is 6.40. The molecule has 8 heteroatoms. The quantitative estimate of drug-likeness (QED) is 0.761. The Hall–Kier alpha value is -1.41. The molecule has 0 bridgehead atoms. The summed E-state index contributed by atoms with van der Waals surface area (Å²) < 4.78 is 27.5. The summed E-state index contributed by atoms with van der Waals surface area (Å²) in [5, 5.41) is 6.61. The maximum atomic E-state index is 12.4. The predicted molar refractivity (Wildman–Crippen MR) is 92.1 cm³/mol. The molecule has 0 unspecified atom stereocenters. The first-order chi connectivity index (χ1) is 11.3. The van der Waals surface area contributed by atoms with Gasteiger partial charge in [0.05, 0.1) is 11.4 Å². The maximum Gasteiger partial charge on any atom is 0.244 e. The summed E-state index contributed by atoms with van der Waals surface area (Å²) in [6, 6.07) is 0.229. The zero-order valence-electron chi connectivity index (χ0n) is 14.8. The predicted octanol–water partition coefficient (Wildman–Crippen LogP) is 1.88. The molecule has 0 aliphatic heterocycles. The van der Waals surface area contributed by atoms with Crippen LogP contribution in [0.2, 0.25) is 0 Å². The van der Waals surface area contributed by atoms with Gasteiger partial charge in [-0.25, -0.2) is 13.1 Å². The van der Waals surface area contributed by atoms with Crippen LogP contribution in [0.5, 0.6) is 0 Å².